The van der Waals surface area contributed by atoms with E-state index >= 15 is 0 Å². The molecule has 0 aliphatic heterocycles. The molecule has 1 rings (SSSR count). The third-order valence-corrected chi connectivity index (χ3v) is 0.984. The maximum atomic E-state index is 3.72. The molecule has 0 atom stereocenters. The van der Waals surface area contributed by atoms with Crippen LogP contribution in [0, 0.1) is 6.33 Å². The van der Waals surface area contributed by atoms with E-state index in [0.29, 0.717) is 0 Å². The molecular weight excluding hydrogens is 189 g/mol. The summed E-state index contributed by atoms with van der Waals surface area (Å²) in [6, 6.07) is 0. The first-order chi connectivity index (χ1) is 3.93. The smallest absolute Gasteiger partial charge is 0.374 e. The fourth-order valence-electron chi connectivity index (χ4n) is 0.473. The van der Waals surface area contributed by atoms with Crippen LogP contribution in [0.25, 0.3) is 0 Å². The third-order valence-electron chi connectivity index (χ3n) is 0.984. The molecule has 3 heteroatoms. The standard InChI is InChI=1S/C6H7N2.Y/c1-2-6-3-7-5-8-4-6;/h3-4H,2H2,1H3;/q-1;+3. The monoisotopic (exact) mass is 196 g/mol. The molecule has 1 heterocycles. The van der Waals surface area contributed by atoms with Gasteiger partial charge in [-0.25, -0.2) is 0 Å². The second-order valence-corrected chi connectivity index (χ2v) is 1.54. The van der Waals surface area contributed by atoms with Gasteiger partial charge in [0.1, 0.15) is 0 Å². The van der Waals surface area contributed by atoms with Gasteiger partial charge < -0.3 is 9.97 Å². The quantitative estimate of drug-likeness (QED) is 0.622. The zero-order chi connectivity index (χ0) is 5.82. The molecule has 1 aromatic rings. The van der Waals surface area contributed by atoms with Gasteiger partial charge in [0, 0.05) is 6.33 Å². The molecule has 2 nitrogen and oxygen atoms in total. The fourth-order valence-corrected chi connectivity index (χ4v) is 0.473. The van der Waals surface area contributed by atoms with Crippen molar-refractivity contribution < 1.29 is 32.7 Å². The van der Waals surface area contributed by atoms with Crippen molar-refractivity contribution >= 4 is 0 Å². The molecule has 0 radical (unpaired) electrons. The second kappa shape index (κ2) is 5.01. The Hall–Kier alpha value is 0.184. The van der Waals surface area contributed by atoms with Crippen molar-refractivity contribution in [2.45, 2.75) is 13.3 Å². The first-order valence-electron chi connectivity index (χ1n) is 2.60. The third kappa shape index (κ3) is 3.02. The summed E-state index contributed by atoms with van der Waals surface area (Å²) in [5.41, 5.74) is 1.16. The Balaban J connectivity index is 0.000000640. The summed E-state index contributed by atoms with van der Waals surface area (Å²) in [5.74, 6) is 0. The minimum absolute atomic E-state index is 0. The van der Waals surface area contributed by atoms with Crippen molar-refractivity contribution in [3.05, 3.63) is 24.3 Å². The van der Waals surface area contributed by atoms with Gasteiger partial charge in [-0.2, -0.15) is 0 Å². The van der Waals surface area contributed by atoms with Crippen LogP contribution in [-0.2, 0) is 39.1 Å². The average Bonchev–Trinajstić information content (AvgIpc) is 1.90. The van der Waals surface area contributed by atoms with Gasteiger partial charge in [0.05, 0.1) is 0 Å². The summed E-state index contributed by atoms with van der Waals surface area (Å²) in [7, 11) is 0. The Labute approximate surface area is 80.0 Å². The van der Waals surface area contributed by atoms with Crippen LogP contribution < -0.4 is 0 Å². The van der Waals surface area contributed by atoms with Crippen LogP contribution in [0.3, 0.4) is 0 Å². The van der Waals surface area contributed by atoms with E-state index in [9.17, 15) is 0 Å². The van der Waals surface area contributed by atoms with Crippen molar-refractivity contribution in [3.63, 3.8) is 0 Å². The summed E-state index contributed by atoms with van der Waals surface area (Å²) >= 11 is 0. The van der Waals surface area contributed by atoms with Crippen molar-refractivity contribution in [1.29, 1.82) is 0 Å². The zero-order valence-corrected chi connectivity index (χ0v) is 8.17. The number of nitrogens with zero attached hydrogens (tertiary/aromatic N) is 2. The Kier molecular flexibility index (Phi) is 5.11. The first-order valence-corrected chi connectivity index (χ1v) is 2.60. The van der Waals surface area contributed by atoms with Crippen molar-refractivity contribution in [2.24, 2.45) is 0 Å². The molecule has 0 spiro atoms. The Morgan fingerprint density at radius 1 is 1.44 bits per heavy atom. The summed E-state index contributed by atoms with van der Waals surface area (Å²) in [6.07, 6.45) is 7.00. The van der Waals surface area contributed by atoms with E-state index in [1.54, 1.807) is 12.4 Å². The molecule has 0 aromatic carbocycles. The number of hydrogen-bond acceptors (Lipinski definition) is 2. The zero-order valence-electron chi connectivity index (χ0n) is 5.33. The van der Waals surface area contributed by atoms with Crippen LogP contribution in [-0.4, -0.2) is 9.97 Å². The molecule has 9 heavy (non-hydrogen) atoms. The summed E-state index contributed by atoms with van der Waals surface area (Å²) in [5, 5.41) is 0. The van der Waals surface area contributed by atoms with Crippen LogP contribution in [0.15, 0.2) is 12.4 Å². The number of hydrogen-bond donors (Lipinski definition) is 0. The molecular formula is C6H7N2Y+2. The van der Waals surface area contributed by atoms with Crippen LogP contribution >= 0.6 is 0 Å². The largest absolute Gasteiger partial charge is 3.00 e. The van der Waals surface area contributed by atoms with Gasteiger partial charge in [0.15, 0.2) is 0 Å². The maximum Gasteiger partial charge on any atom is 3.00 e. The minimum Gasteiger partial charge on any atom is -0.374 e. The Bertz CT molecular complexity index is 152. The van der Waals surface area contributed by atoms with E-state index in [4.69, 9.17) is 0 Å². The van der Waals surface area contributed by atoms with E-state index in [1.165, 1.54) is 0 Å². The fraction of sp³-hybridized carbons (Fsp3) is 0.333. The normalized spacial score (nSPS) is 8.11. The summed E-state index contributed by atoms with van der Waals surface area (Å²) in [4.78, 5) is 7.44. The van der Waals surface area contributed by atoms with Gasteiger partial charge in [-0.3, -0.25) is 0 Å². The molecule has 42 valence electrons. The van der Waals surface area contributed by atoms with E-state index in [2.05, 4.69) is 23.2 Å². The number of aromatic nitrogens is 2. The molecule has 0 saturated carbocycles. The van der Waals surface area contributed by atoms with Crippen molar-refractivity contribution in [2.75, 3.05) is 0 Å². The van der Waals surface area contributed by atoms with Crippen LogP contribution in [0.5, 0.6) is 0 Å². The van der Waals surface area contributed by atoms with Crippen molar-refractivity contribution in [1.82, 2.24) is 9.97 Å². The minimum atomic E-state index is 0. The molecule has 0 aliphatic carbocycles. The molecule has 0 saturated heterocycles. The predicted molar refractivity (Wildman–Crippen MR) is 30.2 cm³/mol. The van der Waals surface area contributed by atoms with Gasteiger partial charge >= 0.3 is 32.7 Å². The summed E-state index contributed by atoms with van der Waals surface area (Å²) in [6.45, 7) is 2.07. The second-order valence-electron chi connectivity index (χ2n) is 1.54. The topological polar surface area (TPSA) is 25.8 Å². The summed E-state index contributed by atoms with van der Waals surface area (Å²) < 4.78 is 0. The molecule has 0 unspecified atom stereocenters. The number of rotatable bonds is 1. The molecule has 0 aliphatic rings. The molecule has 0 fully saturated rings. The first kappa shape index (κ1) is 9.18. The van der Waals surface area contributed by atoms with Crippen molar-refractivity contribution in [3.8, 4) is 0 Å². The molecule has 0 amide bonds. The molecule has 0 N–H and O–H groups in total. The van der Waals surface area contributed by atoms with Crippen LogP contribution in [0.1, 0.15) is 12.5 Å². The predicted octanol–water partition coefficient (Wildman–Crippen LogP) is 0.837. The van der Waals surface area contributed by atoms with E-state index in [-0.39, 0.29) is 32.7 Å². The van der Waals surface area contributed by atoms with E-state index in [1.807, 2.05) is 0 Å². The van der Waals surface area contributed by atoms with Gasteiger partial charge in [-0.15, -0.1) is 5.56 Å². The van der Waals surface area contributed by atoms with Crippen LogP contribution in [0.4, 0.5) is 0 Å². The SMILES string of the molecule is CCc1cn[c-]nc1.[Y+3]. The molecule has 0 bridgehead atoms. The Morgan fingerprint density at radius 3 is 2.33 bits per heavy atom. The van der Waals surface area contributed by atoms with Gasteiger partial charge in [0.2, 0.25) is 0 Å². The molecule has 1 aromatic heterocycles. The maximum absolute atomic E-state index is 3.72. The Morgan fingerprint density at radius 2 is 2.00 bits per heavy atom. The van der Waals surface area contributed by atoms with Gasteiger partial charge in [-0.05, 0) is 0 Å². The van der Waals surface area contributed by atoms with Gasteiger partial charge in [0.25, 0.3) is 0 Å². The van der Waals surface area contributed by atoms with Gasteiger partial charge in [-0.1, -0.05) is 25.7 Å². The van der Waals surface area contributed by atoms with Crippen LogP contribution in [0.2, 0.25) is 0 Å². The van der Waals surface area contributed by atoms with E-state index in [0.717, 1.165) is 12.0 Å². The number of aryl methyl sites for hydroxylation is 1. The van der Waals surface area contributed by atoms with E-state index < -0.39 is 0 Å². The average molecular weight is 196 g/mol.